The maximum atomic E-state index is 13.0. The van der Waals surface area contributed by atoms with E-state index in [4.69, 9.17) is 10.1 Å². The summed E-state index contributed by atoms with van der Waals surface area (Å²) in [5.74, 6) is -1.99. The van der Waals surface area contributed by atoms with Crippen LogP contribution in [0.4, 0.5) is 5.69 Å². The molecule has 4 aromatic rings. The van der Waals surface area contributed by atoms with Gasteiger partial charge in [-0.25, -0.2) is 4.98 Å². The van der Waals surface area contributed by atoms with Crippen LogP contribution in [0.15, 0.2) is 54.6 Å². The van der Waals surface area contributed by atoms with Gasteiger partial charge in [-0.1, -0.05) is 37.1 Å². The molecule has 0 saturated carbocycles. The molecule has 0 aliphatic carbocycles. The van der Waals surface area contributed by atoms with Crippen molar-refractivity contribution in [3.63, 3.8) is 0 Å². The highest BCUT2D eigenvalue weighted by Crippen LogP contribution is 2.30. The fourth-order valence-electron chi connectivity index (χ4n) is 6.04. The van der Waals surface area contributed by atoms with Gasteiger partial charge in [0, 0.05) is 41.8 Å². The monoisotopic (exact) mass is 578 g/mol. The number of para-hydroxylation sites is 1. The Hall–Kier alpha value is -4.86. The van der Waals surface area contributed by atoms with Crippen molar-refractivity contribution in [2.75, 3.05) is 11.9 Å². The number of benzene rings is 2. The van der Waals surface area contributed by atoms with E-state index in [2.05, 4.69) is 40.4 Å². The maximum absolute atomic E-state index is 13.0. The number of pyridine rings is 1. The fourth-order valence-corrected chi connectivity index (χ4v) is 6.04. The summed E-state index contributed by atoms with van der Waals surface area (Å²) in [6, 6.07) is 16.4. The second-order valence-electron chi connectivity index (χ2n) is 11.2. The number of imide groups is 2. The van der Waals surface area contributed by atoms with Gasteiger partial charge in [-0.05, 0) is 63.4 Å². The van der Waals surface area contributed by atoms with Gasteiger partial charge in [-0.15, -0.1) is 0 Å². The van der Waals surface area contributed by atoms with E-state index in [1.165, 1.54) is 0 Å². The Kier molecular flexibility index (Phi) is 7.75. The van der Waals surface area contributed by atoms with Crippen LogP contribution in [-0.2, 0) is 16.1 Å². The normalized spacial score (nSPS) is 16.6. The molecular weight excluding hydrogens is 544 g/mol. The summed E-state index contributed by atoms with van der Waals surface area (Å²) in [4.78, 5) is 55.5. The van der Waals surface area contributed by atoms with Crippen LogP contribution in [0, 0.1) is 13.8 Å². The SMILES string of the molecule is Cc1nn(CCCCCCNc2ccc3c(c2)C(=O)N(C2CCC(=O)NC2=O)C3=O)c(C)c1-c1ccc2ccccc2n1. The molecule has 0 bridgehead atoms. The number of nitrogens with zero attached hydrogens (tertiary/aromatic N) is 4. The molecule has 1 unspecified atom stereocenters. The Morgan fingerprint density at radius 1 is 0.907 bits per heavy atom. The number of hydrogen-bond acceptors (Lipinski definition) is 7. The van der Waals surface area contributed by atoms with Crippen molar-refractivity contribution in [3.8, 4) is 11.3 Å². The van der Waals surface area contributed by atoms with Crippen LogP contribution in [0.2, 0.25) is 0 Å². The fraction of sp³-hybridized carbons (Fsp3) is 0.333. The van der Waals surface area contributed by atoms with Gasteiger partial charge < -0.3 is 5.32 Å². The predicted molar refractivity (Wildman–Crippen MR) is 163 cm³/mol. The lowest BCUT2D eigenvalue weighted by atomic mass is 10.0. The Balaban J connectivity index is 0.977. The van der Waals surface area contributed by atoms with Gasteiger partial charge in [-0.3, -0.25) is 34.1 Å². The Labute approximate surface area is 249 Å². The molecule has 2 N–H and O–H groups in total. The van der Waals surface area contributed by atoms with Crippen molar-refractivity contribution in [2.24, 2.45) is 0 Å². The molecule has 6 rings (SSSR count). The molecule has 1 fully saturated rings. The second kappa shape index (κ2) is 11.8. The number of rotatable bonds is 10. The van der Waals surface area contributed by atoms with Gasteiger partial charge in [0.15, 0.2) is 0 Å². The van der Waals surface area contributed by atoms with Crippen LogP contribution in [-0.4, -0.2) is 55.9 Å². The smallest absolute Gasteiger partial charge is 0.262 e. The van der Waals surface area contributed by atoms with Crippen molar-refractivity contribution in [3.05, 3.63) is 77.1 Å². The minimum atomic E-state index is -0.960. The first-order valence-corrected chi connectivity index (χ1v) is 14.8. The number of fused-ring (bicyclic) bond motifs is 2. The molecule has 1 atom stereocenters. The van der Waals surface area contributed by atoms with E-state index in [-0.39, 0.29) is 29.9 Å². The van der Waals surface area contributed by atoms with Gasteiger partial charge in [0.25, 0.3) is 11.8 Å². The average Bonchev–Trinajstić information content (AvgIpc) is 3.42. The van der Waals surface area contributed by atoms with Gasteiger partial charge in [-0.2, -0.15) is 5.10 Å². The zero-order chi connectivity index (χ0) is 30.1. The molecule has 2 aliphatic heterocycles. The third-order valence-corrected chi connectivity index (χ3v) is 8.30. The van der Waals surface area contributed by atoms with Crippen LogP contribution in [0.5, 0.6) is 0 Å². The Bertz CT molecular complexity index is 1760. The largest absolute Gasteiger partial charge is 0.385 e. The van der Waals surface area contributed by atoms with Gasteiger partial charge in [0.05, 0.1) is 28.0 Å². The molecule has 10 nitrogen and oxygen atoms in total. The number of amides is 4. The third kappa shape index (κ3) is 5.52. The second-order valence-corrected chi connectivity index (χ2v) is 11.2. The van der Waals surface area contributed by atoms with Gasteiger partial charge >= 0.3 is 0 Å². The quantitative estimate of drug-likeness (QED) is 0.205. The molecule has 4 amide bonds. The molecule has 2 aromatic carbocycles. The topological polar surface area (TPSA) is 126 Å². The van der Waals surface area contributed by atoms with Crippen LogP contribution >= 0.6 is 0 Å². The van der Waals surface area contributed by atoms with E-state index in [0.717, 1.165) is 82.9 Å². The molecule has 43 heavy (non-hydrogen) atoms. The highest BCUT2D eigenvalue weighted by molar-refractivity contribution is 6.23. The molecule has 1 saturated heterocycles. The highest BCUT2D eigenvalue weighted by atomic mass is 16.2. The van der Waals surface area contributed by atoms with E-state index < -0.39 is 23.8 Å². The molecular formula is C33H34N6O4. The van der Waals surface area contributed by atoms with Gasteiger partial charge in [0.1, 0.15) is 6.04 Å². The molecule has 2 aromatic heterocycles. The summed E-state index contributed by atoms with van der Waals surface area (Å²) >= 11 is 0. The summed E-state index contributed by atoms with van der Waals surface area (Å²) < 4.78 is 2.08. The van der Waals surface area contributed by atoms with Crippen LogP contribution < -0.4 is 10.6 Å². The van der Waals surface area contributed by atoms with E-state index >= 15 is 0 Å². The standard InChI is InChI=1S/C33H34N6O4/c1-20-30(27-14-11-22-9-5-6-10-26(22)35-27)21(2)38(37-20)18-8-4-3-7-17-34-23-12-13-24-25(19-23)33(43)39(32(24)42)28-15-16-29(40)36-31(28)41/h5-6,9-14,19,28,34H,3-4,7-8,15-18H2,1-2H3,(H,36,40,41). The van der Waals surface area contributed by atoms with E-state index in [1.807, 2.05) is 25.1 Å². The number of aryl methyl sites for hydroxylation is 2. The number of hydrogen-bond donors (Lipinski definition) is 2. The molecule has 0 spiro atoms. The number of aromatic nitrogens is 3. The van der Waals surface area contributed by atoms with Crippen LogP contribution in [0.3, 0.4) is 0 Å². The number of carbonyl (C=O) groups is 4. The third-order valence-electron chi connectivity index (χ3n) is 8.30. The van der Waals surface area contributed by atoms with Crippen molar-refractivity contribution in [1.29, 1.82) is 0 Å². The lowest BCUT2D eigenvalue weighted by Crippen LogP contribution is -2.54. The Morgan fingerprint density at radius 3 is 2.53 bits per heavy atom. The number of carbonyl (C=O) groups excluding carboxylic acids is 4. The van der Waals surface area contributed by atoms with Crippen molar-refractivity contribution in [2.45, 2.75) is 65.0 Å². The van der Waals surface area contributed by atoms with Crippen molar-refractivity contribution < 1.29 is 19.2 Å². The number of piperidine rings is 1. The average molecular weight is 579 g/mol. The highest BCUT2D eigenvalue weighted by Gasteiger charge is 2.44. The molecule has 4 heterocycles. The van der Waals surface area contributed by atoms with Crippen molar-refractivity contribution >= 4 is 40.2 Å². The summed E-state index contributed by atoms with van der Waals surface area (Å²) in [6.07, 6.45) is 4.30. The number of anilines is 1. The van der Waals surface area contributed by atoms with E-state index in [0.29, 0.717) is 0 Å². The van der Waals surface area contributed by atoms with Crippen molar-refractivity contribution in [1.82, 2.24) is 25.0 Å². The van der Waals surface area contributed by atoms with E-state index in [1.54, 1.807) is 18.2 Å². The van der Waals surface area contributed by atoms with E-state index in [9.17, 15) is 19.2 Å². The maximum Gasteiger partial charge on any atom is 0.262 e. The minimum absolute atomic E-state index is 0.0989. The molecule has 0 radical (unpaired) electrons. The number of nitrogens with one attached hydrogen (secondary N) is 2. The molecule has 220 valence electrons. The molecule has 10 heteroatoms. The summed E-state index contributed by atoms with van der Waals surface area (Å²) in [6.45, 7) is 5.72. The zero-order valence-electron chi connectivity index (χ0n) is 24.4. The molecule has 2 aliphatic rings. The zero-order valence-corrected chi connectivity index (χ0v) is 24.4. The van der Waals surface area contributed by atoms with Gasteiger partial charge in [0.2, 0.25) is 11.8 Å². The lowest BCUT2D eigenvalue weighted by molar-refractivity contribution is -0.136. The van der Waals surface area contributed by atoms with Crippen LogP contribution in [0.1, 0.15) is 70.6 Å². The summed E-state index contributed by atoms with van der Waals surface area (Å²) in [5.41, 5.74) is 6.46. The summed E-state index contributed by atoms with van der Waals surface area (Å²) in [7, 11) is 0. The minimum Gasteiger partial charge on any atom is -0.385 e. The number of unbranched alkanes of at least 4 members (excludes halogenated alkanes) is 3. The first-order valence-electron chi connectivity index (χ1n) is 14.8. The summed E-state index contributed by atoms with van der Waals surface area (Å²) in [5, 5.41) is 11.5. The first-order chi connectivity index (χ1) is 20.8. The lowest BCUT2D eigenvalue weighted by Gasteiger charge is -2.27. The predicted octanol–water partition coefficient (Wildman–Crippen LogP) is 4.79. The Morgan fingerprint density at radius 2 is 1.70 bits per heavy atom. The van der Waals surface area contributed by atoms with Crippen LogP contribution in [0.25, 0.3) is 22.2 Å². The first kappa shape index (κ1) is 28.3.